The van der Waals surface area contributed by atoms with E-state index in [1.807, 2.05) is 48.2 Å². The summed E-state index contributed by atoms with van der Waals surface area (Å²) in [5.41, 5.74) is 5.44. The number of tetrazole rings is 1. The highest BCUT2D eigenvalue weighted by Gasteiger charge is 2.20. The van der Waals surface area contributed by atoms with Crippen molar-refractivity contribution in [3.05, 3.63) is 101 Å². The van der Waals surface area contributed by atoms with Crippen molar-refractivity contribution in [1.82, 2.24) is 29.9 Å². The molecule has 0 atom stereocenters. The Morgan fingerprint density at radius 3 is 2.62 bits per heavy atom. The van der Waals surface area contributed by atoms with Crippen LogP contribution in [-0.2, 0) is 13.0 Å². The van der Waals surface area contributed by atoms with E-state index in [2.05, 4.69) is 38.7 Å². The number of nitrogens with zero attached hydrogens (tertiary/aromatic N) is 6. The van der Waals surface area contributed by atoms with Gasteiger partial charge in [0.15, 0.2) is 5.65 Å². The molecule has 5 rings (SSSR count). The molecule has 0 fully saturated rings. The number of rotatable bonds is 6. The third kappa shape index (κ3) is 3.80. The largest absolute Gasteiger partial charge is 0.334 e. The lowest BCUT2D eigenvalue weighted by molar-refractivity contribution is 0.0745. The molecule has 7 heteroatoms. The number of para-hydroxylation sites is 1. The molecule has 3 heterocycles. The highest BCUT2D eigenvalue weighted by molar-refractivity contribution is 5.94. The Morgan fingerprint density at radius 1 is 1.00 bits per heavy atom. The van der Waals surface area contributed by atoms with Crippen LogP contribution < -0.4 is 0 Å². The van der Waals surface area contributed by atoms with Gasteiger partial charge in [-0.1, -0.05) is 48.5 Å². The Balaban J connectivity index is 1.53. The molecule has 0 N–H and O–H groups in total. The Kier molecular flexibility index (Phi) is 5.29. The molecule has 158 valence electrons. The fourth-order valence-electron chi connectivity index (χ4n) is 4.04. The molecule has 1 amide bonds. The van der Waals surface area contributed by atoms with E-state index in [1.54, 1.807) is 29.0 Å². The van der Waals surface area contributed by atoms with E-state index in [9.17, 15) is 4.79 Å². The molecule has 0 saturated heterocycles. The molecule has 0 radical (unpaired) electrons. The molecule has 0 unspecified atom stereocenters. The fourth-order valence-corrected chi connectivity index (χ4v) is 4.04. The zero-order chi connectivity index (χ0) is 21.9. The Hall–Kier alpha value is -4.13. The topological polar surface area (TPSA) is 76.3 Å². The van der Waals surface area contributed by atoms with Crippen molar-refractivity contribution in [2.75, 3.05) is 6.54 Å². The van der Waals surface area contributed by atoms with Gasteiger partial charge in [-0.3, -0.25) is 9.78 Å². The number of carbonyl (C=O) groups excluding carboxylic acids is 1. The van der Waals surface area contributed by atoms with Crippen molar-refractivity contribution in [2.24, 2.45) is 0 Å². The second-order valence-electron chi connectivity index (χ2n) is 7.79. The van der Waals surface area contributed by atoms with E-state index in [4.69, 9.17) is 0 Å². The van der Waals surface area contributed by atoms with Gasteiger partial charge in [-0.05, 0) is 53.1 Å². The zero-order valence-electron chi connectivity index (χ0n) is 17.7. The Bertz CT molecular complexity index is 1380. The summed E-state index contributed by atoms with van der Waals surface area (Å²) in [5.74, 6) is -0.0432. The number of fused-ring (bicyclic) bond motifs is 3. The van der Waals surface area contributed by atoms with E-state index in [0.717, 1.165) is 28.5 Å². The maximum absolute atomic E-state index is 13.4. The molecule has 0 aliphatic rings. The summed E-state index contributed by atoms with van der Waals surface area (Å²) in [6, 6.07) is 21.9. The molecular weight excluding hydrogens is 400 g/mol. The van der Waals surface area contributed by atoms with Gasteiger partial charge in [-0.2, -0.15) is 4.52 Å². The van der Waals surface area contributed by atoms with Gasteiger partial charge in [0.05, 0.1) is 5.52 Å². The van der Waals surface area contributed by atoms with Crippen LogP contribution in [0.2, 0.25) is 0 Å². The molecule has 5 aromatic rings. The summed E-state index contributed by atoms with van der Waals surface area (Å²) in [5, 5.41) is 13.4. The maximum atomic E-state index is 13.4. The smallest absolute Gasteiger partial charge is 0.254 e. The first-order valence-electron chi connectivity index (χ1n) is 10.5. The van der Waals surface area contributed by atoms with Crippen LogP contribution in [0.15, 0.2) is 79.1 Å². The number of hydrogen-bond donors (Lipinski definition) is 0. The molecule has 0 saturated carbocycles. The summed E-state index contributed by atoms with van der Waals surface area (Å²) in [4.78, 5) is 19.3. The van der Waals surface area contributed by atoms with Crippen LogP contribution in [0.3, 0.4) is 0 Å². The van der Waals surface area contributed by atoms with E-state index < -0.39 is 0 Å². The maximum Gasteiger partial charge on any atom is 0.254 e. The SMILES string of the molecule is Cc1cccc2cc(CN(CCc3ccccc3)C(=O)c3ccncc3)c3nnnn3c12. The number of hydrogen-bond acceptors (Lipinski definition) is 5. The number of benzene rings is 2. The molecule has 2 aromatic carbocycles. The van der Waals surface area contributed by atoms with Gasteiger partial charge >= 0.3 is 0 Å². The van der Waals surface area contributed by atoms with Gasteiger partial charge in [0.1, 0.15) is 0 Å². The van der Waals surface area contributed by atoms with Crippen LogP contribution in [0.1, 0.15) is 27.0 Å². The molecule has 3 aromatic heterocycles. The van der Waals surface area contributed by atoms with Crippen LogP contribution in [0.25, 0.3) is 16.6 Å². The summed E-state index contributed by atoms with van der Waals surface area (Å²) >= 11 is 0. The minimum Gasteiger partial charge on any atom is -0.334 e. The van der Waals surface area contributed by atoms with Gasteiger partial charge in [-0.15, -0.1) is 5.10 Å². The van der Waals surface area contributed by atoms with E-state index >= 15 is 0 Å². The average Bonchev–Trinajstić information content (AvgIpc) is 3.33. The normalized spacial score (nSPS) is 11.2. The Labute approximate surface area is 185 Å². The molecule has 0 aliphatic carbocycles. The standard InChI is InChI=1S/C25H22N6O/c1-18-6-5-9-21-16-22(24-27-28-29-31(24)23(18)21)17-30(15-12-19-7-3-2-4-8-19)25(32)20-10-13-26-14-11-20/h2-11,13-14,16H,12,15,17H2,1H3. The van der Waals surface area contributed by atoms with Crippen molar-refractivity contribution in [2.45, 2.75) is 19.9 Å². The van der Waals surface area contributed by atoms with Crippen LogP contribution >= 0.6 is 0 Å². The second kappa shape index (κ2) is 8.55. The summed E-state index contributed by atoms with van der Waals surface area (Å²) in [6.45, 7) is 3.02. The number of aromatic nitrogens is 5. The van der Waals surface area contributed by atoms with E-state index in [1.165, 1.54) is 5.56 Å². The summed E-state index contributed by atoms with van der Waals surface area (Å²) in [6.07, 6.45) is 4.04. The van der Waals surface area contributed by atoms with Crippen LogP contribution in [0.5, 0.6) is 0 Å². The van der Waals surface area contributed by atoms with Crippen LogP contribution in [0, 0.1) is 6.92 Å². The first kappa shape index (κ1) is 19.8. The molecule has 0 aliphatic heterocycles. The molecule has 0 spiro atoms. The fraction of sp³-hybridized carbons (Fsp3) is 0.160. The first-order chi connectivity index (χ1) is 15.7. The second-order valence-corrected chi connectivity index (χ2v) is 7.79. The minimum atomic E-state index is -0.0432. The molecule has 0 bridgehead atoms. The van der Waals surface area contributed by atoms with Crippen molar-refractivity contribution in [3.8, 4) is 0 Å². The van der Waals surface area contributed by atoms with Crippen molar-refractivity contribution in [3.63, 3.8) is 0 Å². The lowest BCUT2D eigenvalue weighted by Crippen LogP contribution is -2.32. The highest BCUT2D eigenvalue weighted by atomic mass is 16.2. The lowest BCUT2D eigenvalue weighted by atomic mass is 10.1. The first-order valence-corrected chi connectivity index (χ1v) is 10.5. The minimum absolute atomic E-state index is 0.0432. The van der Waals surface area contributed by atoms with Gasteiger partial charge in [0, 0.05) is 42.0 Å². The lowest BCUT2D eigenvalue weighted by Gasteiger charge is -2.23. The third-order valence-electron chi connectivity index (χ3n) is 5.66. The monoisotopic (exact) mass is 422 g/mol. The quantitative estimate of drug-likeness (QED) is 0.415. The molecular formula is C25H22N6O. The third-order valence-corrected chi connectivity index (χ3v) is 5.66. The van der Waals surface area contributed by atoms with Gasteiger partial charge in [0.25, 0.3) is 5.91 Å². The van der Waals surface area contributed by atoms with Gasteiger partial charge < -0.3 is 4.90 Å². The summed E-state index contributed by atoms with van der Waals surface area (Å²) in [7, 11) is 0. The number of pyridine rings is 2. The molecule has 32 heavy (non-hydrogen) atoms. The van der Waals surface area contributed by atoms with Gasteiger partial charge in [0.2, 0.25) is 0 Å². The van der Waals surface area contributed by atoms with E-state index in [-0.39, 0.29) is 5.91 Å². The average molecular weight is 422 g/mol. The van der Waals surface area contributed by atoms with Crippen LogP contribution in [0.4, 0.5) is 0 Å². The zero-order valence-corrected chi connectivity index (χ0v) is 17.7. The highest BCUT2D eigenvalue weighted by Crippen LogP contribution is 2.23. The van der Waals surface area contributed by atoms with E-state index in [0.29, 0.717) is 24.3 Å². The number of aryl methyl sites for hydroxylation is 1. The van der Waals surface area contributed by atoms with Gasteiger partial charge in [-0.25, -0.2) is 0 Å². The summed E-state index contributed by atoms with van der Waals surface area (Å²) < 4.78 is 1.77. The van der Waals surface area contributed by atoms with Crippen molar-refractivity contribution in [1.29, 1.82) is 0 Å². The van der Waals surface area contributed by atoms with Crippen molar-refractivity contribution >= 4 is 22.5 Å². The number of amides is 1. The predicted molar refractivity (Wildman–Crippen MR) is 122 cm³/mol. The molecule has 7 nitrogen and oxygen atoms in total. The Morgan fingerprint density at radius 2 is 1.81 bits per heavy atom. The number of carbonyl (C=O) groups is 1. The predicted octanol–water partition coefficient (Wildman–Crippen LogP) is 3.87. The van der Waals surface area contributed by atoms with Crippen LogP contribution in [-0.4, -0.2) is 42.4 Å². The van der Waals surface area contributed by atoms with Crippen molar-refractivity contribution < 1.29 is 4.79 Å².